The van der Waals surface area contributed by atoms with Crippen LogP contribution in [0.15, 0.2) is 24.3 Å². The lowest BCUT2D eigenvalue weighted by atomic mass is 10.2. The third kappa shape index (κ3) is 5.05. The van der Waals surface area contributed by atoms with Crippen molar-refractivity contribution in [2.45, 2.75) is 13.8 Å². The van der Waals surface area contributed by atoms with E-state index in [0.29, 0.717) is 11.5 Å². The number of nitrogens with zero attached hydrogens (tertiary/aromatic N) is 3. The number of aryl methyl sites for hydroxylation is 2. The average Bonchev–Trinajstić information content (AvgIpc) is 2.45. The molecule has 128 valence electrons. The Balaban J connectivity index is 2.04. The number of ether oxygens (including phenoxy) is 1. The fourth-order valence-electron chi connectivity index (χ4n) is 1.74. The van der Waals surface area contributed by atoms with Crippen molar-refractivity contribution in [1.82, 2.24) is 19.7 Å². The molecule has 0 saturated carbocycles. The molecule has 11 heteroatoms. The summed E-state index contributed by atoms with van der Waals surface area (Å²) in [5.74, 6) is 0.167. The Morgan fingerprint density at radius 3 is 2.58 bits per heavy atom. The highest BCUT2D eigenvalue weighted by Gasteiger charge is 2.16. The van der Waals surface area contributed by atoms with E-state index in [1.54, 1.807) is 29.8 Å². The summed E-state index contributed by atoms with van der Waals surface area (Å²) in [4.78, 5) is 23.3. The number of rotatable bonds is 5. The molecule has 3 N–H and O–H groups in total. The molecule has 0 fully saturated rings. The third-order valence-corrected chi connectivity index (χ3v) is 3.59. The van der Waals surface area contributed by atoms with E-state index in [-0.39, 0.29) is 12.0 Å². The second-order valence-corrected chi connectivity index (χ2v) is 6.14. The van der Waals surface area contributed by atoms with Crippen molar-refractivity contribution in [1.29, 1.82) is 0 Å². The molecule has 1 aromatic heterocycles. The molecule has 2 rings (SSSR count). The van der Waals surface area contributed by atoms with Gasteiger partial charge in [0.25, 0.3) is 0 Å². The standard InChI is InChI=1S/C13H16N6O4S/c1-8-5-4-6-10(7-8)18-24(21,22)19-12(20)16-11-14-9(2)15-13(17-11)23-3/h4-7,18H,1-3H3,(H2,14,15,16,17,19,20). The highest BCUT2D eigenvalue weighted by Crippen LogP contribution is 2.11. The summed E-state index contributed by atoms with van der Waals surface area (Å²) in [6.45, 7) is 3.39. The van der Waals surface area contributed by atoms with Gasteiger partial charge >= 0.3 is 22.3 Å². The smallest absolute Gasteiger partial charge is 0.336 e. The first kappa shape index (κ1) is 17.4. The third-order valence-electron chi connectivity index (χ3n) is 2.63. The van der Waals surface area contributed by atoms with Gasteiger partial charge in [0.05, 0.1) is 12.8 Å². The molecule has 0 aliphatic heterocycles. The van der Waals surface area contributed by atoms with E-state index in [4.69, 9.17) is 4.74 Å². The highest BCUT2D eigenvalue weighted by atomic mass is 32.2. The molecule has 24 heavy (non-hydrogen) atoms. The van der Waals surface area contributed by atoms with Crippen molar-refractivity contribution in [3.05, 3.63) is 35.7 Å². The van der Waals surface area contributed by atoms with Crippen LogP contribution in [-0.4, -0.2) is 36.5 Å². The van der Waals surface area contributed by atoms with Crippen LogP contribution in [0.1, 0.15) is 11.4 Å². The van der Waals surface area contributed by atoms with Crippen molar-refractivity contribution < 1.29 is 17.9 Å². The Labute approximate surface area is 138 Å². The zero-order valence-corrected chi connectivity index (χ0v) is 14.0. The van der Waals surface area contributed by atoms with Gasteiger partial charge in [-0.15, -0.1) is 0 Å². The Kier molecular flexibility index (Phi) is 5.14. The highest BCUT2D eigenvalue weighted by molar-refractivity contribution is 7.91. The molecule has 0 atom stereocenters. The van der Waals surface area contributed by atoms with Crippen molar-refractivity contribution in [3.63, 3.8) is 0 Å². The maximum atomic E-state index is 11.9. The molecular weight excluding hydrogens is 336 g/mol. The van der Waals surface area contributed by atoms with Crippen molar-refractivity contribution in [2.75, 3.05) is 17.1 Å². The van der Waals surface area contributed by atoms with Gasteiger partial charge in [0.15, 0.2) is 0 Å². The fraction of sp³-hybridized carbons (Fsp3) is 0.231. The van der Waals surface area contributed by atoms with Crippen LogP contribution in [0.3, 0.4) is 0 Å². The van der Waals surface area contributed by atoms with Crippen LogP contribution in [0.25, 0.3) is 0 Å². The molecule has 0 bridgehead atoms. The van der Waals surface area contributed by atoms with Gasteiger partial charge in [0.1, 0.15) is 5.82 Å². The number of benzene rings is 1. The molecule has 1 aromatic carbocycles. The van der Waals surface area contributed by atoms with Gasteiger partial charge in [0.2, 0.25) is 5.95 Å². The molecule has 1 heterocycles. The van der Waals surface area contributed by atoms with Crippen molar-refractivity contribution in [3.8, 4) is 6.01 Å². The van der Waals surface area contributed by atoms with Crippen LogP contribution >= 0.6 is 0 Å². The summed E-state index contributed by atoms with van der Waals surface area (Å²) in [7, 11) is -2.76. The lowest BCUT2D eigenvalue weighted by molar-refractivity contribution is 0.256. The lowest BCUT2D eigenvalue weighted by Gasteiger charge is -2.10. The minimum absolute atomic E-state index is 0.00135. The van der Waals surface area contributed by atoms with Crippen LogP contribution in [0.5, 0.6) is 6.01 Å². The normalized spacial score (nSPS) is 10.8. The van der Waals surface area contributed by atoms with Gasteiger partial charge in [-0.25, -0.2) is 9.52 Å². The number of amides is 2. The van der Waals surface area contributed by atoms with Gasteiger partial charge in [-0.1, -0.05) is 12.1 Å². The first-order chi connectivity index (χ1) is 11.3. The van der Waals surface area contributed by atoms with E-state index in [9.17, 15) is 13.2 Å². The maximum Gasteiger partial charge on any atom is 0.336 e. The number of anilines is 2. The topological polar surface area (TPSA) is 135 Å². The van der Waals surface area contributed by atoms with Crippen LogP contribution in [0, 0.1) is 13.8 Å². The number of hydrogen-bond donors (Lipinski definition) is 3. The summed E-state index contributed by atoms with van der Waals surface area (Å²) < 4.78 is 32.8. The van der Waals surface area contributed by atoms with Crippen LogP contribution in [0.4, 0.5) is 16.4 Å². The largest absolute Gasteiger partial charge is 0.467 e. The summed E-state index contributed by atoms with van der Waals surface area (Å²) in [5.41, 5.74) is 1.19. The van der Waals surface area contributed by atoms with E-state index in [1.807, 2.05) is 13.0 Å². The minimum Gasteiger partial charge on any atom is -0.467 e. The number of nitrogens with one attached hydrogen (secondary N) is 3. The summed E-state index contributed by atoms with van der Waals surface area (Å²) in [6, 6.07) is 5.66. The second kappa shape index (κ2) is 7.08. The van der Waals surface area contributed by atoms with Gasteiger partial charge in [-0.05, 0) is 31.5 Å². The predicted octanol–water partition coefficient (Wildman–Crippen LogP) is 0.975. The van der Waals surface area contributed by atoms with Crippen LogP contribution in [-0.2, 0) is 10.2 Å². The molecular formula is C13H16N6O4S. The molecule has 2 amide bonds. The Bertz CT molecular complexity index is 855. The van der Waals surface area contributed by atoms with E-state index >= 15 is 0 Å². The molecule has 0 spiro atoms. The van der Waals surface area contributed by atoms with E-state index in [2.05, 4.69) is 25.0 Å². The zero-order chi connectivity index (χ0) is 17.7. The van der Waals surface area contributed by atoms with Gasteiger partial charge in [-0.2, -0.15) is 23.4 Å². The Morgan fingerprint density at radius 1 is 1.17 bits per heavy atom. The predicted molar refractivity (Wildman–Crippen MR) is 87.0 cm³/mol. The van der Waals surface area contributed by atoms with Crippen molar-refractivity contribution >= 4 is 27.9 Å². The molecule has 0 saturated heterocycles. The lowest BCUT2D eigenvalue weighted by Crippen LogP contribution is -2.38. The number of urea groups is 1. The minimum atomic E-state index is -4.11. The van der Waals surface area contributed by atoms with Gasteiger partial charge in [0, 0.05) is 0 Å². The van der Waals surface area contributed by atoms with Crippen LogP contribution in [0.2, 0.25) is 0 Å². The van der Waals surface area contributed by atoms with Gasteiger partial charge < -0.3 is 4.74 Å². The number of methoxy groups -OCH3 is 1. The molecule has 10 nitrogen and oxygen atoms in total. The van der Waals surface area contributed by atoms with Crippen LogP contribution < -0.4 is 19.5 Å². The van der Waals surface area contributed by atoms with E-state index in [0.717, 1.165) is 5.56 Å². The van der Waals surface area contributed by atoms with Gasteiger partial charge in [-0.3, -0.25) is 10.0 Å². The first-order valence-corrected chi connectivity index (χ1v) is 8.20. The van der Waals surface area contributed by atoms with E-state index in [1.165, 1.54) is 7.11 Å². The number of carbonyl (C=O) groups excluding carboxylic acids is 1. The first-order valence-electron chi connectivity index (χ1n) is 6.72. The average molecular weight is 352 g/mol. The molecule has 2 aromatic rings. The number of hydrogen-bond acceptors (Lipinski definition) is 7. The van der Waals surface area contributed by atoms with E-state index < -0.39 is 16.2 Å². The molecule has 0 aliphatic carbocycles. The quantitative estimate of drug-likeness (QED) is 0.729. The maximum absolute atomic E-state index is 11.9. The molecule has 0 aliphatic rings. The second-order valence-electron chi connectivity index (χ2n) is 4.72. The number of carbonyl (C=O) groups is 1. The Hall–Kier alpha value is -2.95. The summed E-state index contributed by atoms with van der Waals surface area (Å²) >= 11 is 0. The zero-order valence-electron chi connectivity index (χ0n) is 13.2. The molecule has 0 unspecified atom stereocenters. The fourth-order valence-corrected chi connectivity index (χ4v) is 2.53. The Morgan fingerprint density at radius 2 is 1.92 bits per heavy atom. The monoisotopic (exact) mass is 352 g/mol. The summed E-state index contributed by atoms with van der Waals surface area (Å²) in [6.07, 6.45) is 0. The number of aromatic nitrogens is 3. The molecule has 0 radical (unpaired) electrons. The summed E-state index contributed by atoms with van der Waals surface area (Å²) in [5, 5.41) is 2.20. The SMILES string of the molecule is COc1nc(C)nc(NC(=O)NS(=O)(=O)Nc2cccc(C)c2)n1. The van der Waals surface area contributed by atoms with Crippen molar-refractivity contribution in [2.24, 2.45) is 0 Å².